The molecule has 1 aromatic rings. The highest BCUT2D eigenvalue weighted by Crippen LogP contribution is 2.18. The summed E-state index contributed by atoms with van der Waals surface area (Å²) in [5.74, 6) is -0.113. The maximum absolute atomic E-state index is 12.0. The SMILES string of the molecule is NCCc1ccc(S(=O)(=O)NCCC(=O)NC2CC2)cc1. The van der Waals surface area contributed by atoms with Gasteiger partial charge in [0.05, 0.1) is 4.90 Å². The van der Waals surface area contributed by atoms with Crippen LogP contribution in [-0.4, -0.2) is 33.5 Å². The molecule has 1 fully saturated rings. The number of carbonyl (C=O) groups excluding carboxylic acids is 1. The quantitative estimate of drug-likeness (QED) is 0.635. The summed E-state index contributed by atoms with van der Waals surface area (Å²) in [6.07, 6.45) is 2.91. The average molecular weight is 311 g/mol. The van der Waals surface area contributed by atoms with Gasteiger partial charge in [-0.1, -0.05) is 12.1 Å². The van der Waals surface area contributed by atoms with E-state index in [-0.39, 0.29) is 23.8 Å². The second-order valence-corrected chi connectivity index (χ2v) is 6.94. The van der Waals surface area contributed by atoms with Crippen LogP contribution in [0.4, 0.5) is 0 Å². The van der Waals surface area contributed by atoms with E-state index < -0.39 is 10.0 Å². The van der Waals surface area contributed by atoms with Gasteiger partial charge in [0, 0.05) is 19.0 Å². The summed E-state index contributed by atoms with van der Waals surface area (Å²) < 4.78 is 26.5. The minimum Gasteiger partial charge on any atom is -0.353 e. The molecule has 0 bridgehead atoms. The minimum absolute atomic E-state index is 0.103. The molecule has 0 heterocycles. The molecule has 0 aromatic heterocycles. The summed E-state index contributed by atoms with van der Waals surface area (Å²) in [5, 5.41) is 2.82. The summed E-state index contributed by atoms with van der Waals surface area (Å²) in [5.41, 5.74) is 6.45. The zero-order chi connectivity index (χ0) is 15.3. The third kappa shape index (κ3) is 5.11. The van der Waals surface area contributed by atoms with Gasteiger partial charge in [-0.05, 0) is 43.5 Å². The van der Waals surface area contributed by atoms with Crippen LogP contribution in [0.1, 0.15) is 24.8 Å². The molecule has 2 rings (SSSR count). The van der Waals surface area contributed by atoms with Gasteiger partial charge in [-0.25, -0.2) is 13.1 Å². The summed E-state index contributed by atoms with van der Waals surface area (Å²) in [6.45, 7) is 0.631. The Bertz CT molecular complexity index is 580. The summed E-state index contributed by atoms with van der Waals surface area (Å²) in [7, 11) is -3.56. The van der Waals surface area contributed by atoms with Gasteiger partial charge >= 0.3 is 0 Å². The molecule has 116 valence electrons. The van der Waals surface area contributed by atoms with E-state index in [9.17, 15) is 13.2 Å². The largest absolute Gasteiger partial charge is 0.353 e. The van der Waals surface area contributed by atoms with Gasteiger partial charge < -0.3 is 11.1 Å². The Kier molecular flexibility index (Phi) is 5.33. The van der Waals surface area contributed by atoms with Crippen LogP contribution in [0, 0.1) is 0 Å². The fraction of sp³-hybridized carbons (Fsp3) is 0.500. The zero-order valence-electron chi connectivity index (χ0n) is 11.8. The lowest BCUT2D eigenvalue weighted by Crippen LogP contribution is -2.31. The van der Waals surface area contributed by atoms with Crippen LogP contribution in [0.5, 0.6) is 0 Å². The van der Waals surface area contributed by atoms with E-state index in [1.165, 1.54) is 0 Å². The van der Waals surface area contributed by atoms with Gasteiger partial charge in [-0.15, -0.1) is 0 Å². The number of nitrogens with two attached hydrogens (primary N) is 1. The Labute approximate surface area is 125 Å². The van der Waals surface area contributed by atoms with Crippen LogP contribution in [0.3, 0.4) is 0 Å². The molecular weight excluding hydrogens is 290 g/mol. The van der Waals surface area contributed by atoms with Crippen molar-refractivity contribution in [3.8, 4) is 0 Å². The summed E-state index contributed by atoms with van der Waals surface area (Å²) in [4.78, 5) is 11.7. The molecule has 0 unspecified atom stereocenters. The topological polar surface area (TPSA) is 101 Å². The molecule has 7 heteroatoms. The monoisotopic (exact) mass is 311 g/mol. The molecule has 4 N–H and O–H groups in total. The molecule has 0 radical (unpaired) electrons. The fourth-order valence-electron chi connectivity index (χ4n) is 1.91. The zero-order valence-corrected chi connectivity index (χ0v) is 12.7. The smallest absolute Gasteiger partial charge is 0.240 e. The number of sulfonamides is 1. The highest BCUT2D eigenvalue weighted by Gasteiger charge is 2.23. The van der Waals surface area contributed by atoms with E-state index in [4.69, 9.17) is 5.73 Å². The van der Waals surface area contributed by atoms with E-state index in [1.807, 2.05) is 0 Å². The van der Waals surface area contributed by atoms with Crippen LogP contribution in [0.25, 0.3) is 0 Å². The molecule has 0 atom stereocenters. The highest BCUT2D eigenvalue weighted by atomic mass is 32.2. The van der Waals surface area contributed by atoms with Crippen LogP contribution in [0.2, 0.25) is 0 Å². The Balaban J connectivity index is 1.83. The lowest BCUT2D eigenvalue weighted by molar-refractivity contribution is -0.121. The molecule has 21 heavy (non-hydrogen) atoms. The van der Waals surface area contributed by atoms with Gasteiger partial charge in [0.25, 0.3) is 0 Å². The number of hydrogen-bond donors (Lipinski definition) is 3. The van der Waals surface area contributed by atoms with Crippen LogP contribution in [-0.2, 0) is 21.2 Å². The summed E-state index contributed by atoms with van der Waals surface area (Å²) in [6, 6.07) is 6.90. The maximum Gasteiger partial charge on any atom is 0.240 e. The predicted molar refractivity (Wildman–Crippen MR) is 80.2 cm³/mol. The first kappa shape index (κ1) is 15.9. The first-order chi connectivity index (χ1) is 10.0. The second-order valence-electron chi connectivity index (χ2n) is 5.17. The van der Waals surface area contributed by atoms with Gasteiger partial charge in [-0.3, -0.25) is 4.79 Å². The van der Waals surface area contributed by atoms with Crippen molar-refractivity contribution in [2.24, 2.45) is 5.73 Å². The van der Waals surface area contributed by atoms with E-state index in [2.05, 4.69) is 10.0 Å². The van der Waals surface area contributed by atoms with Crippen LogP contribution < -0.4 is 15.8 Å². The van der Waals surface area contributed by atoms with E-state index in [0.29, 0.717) is 12.6 Å². The van der Waals surface area contributed by atoms with Crippen molar-refractivity contribution >= 4 is 15.9 Å². The van der Waals surface area contributed by atoms with E-state index in [1.54, 1.807) is 24.3 Å². The lowest BCUT2D eigenvalue weighted by atomic mass is 10.2. The van der Waals surface area contributed by atoms with Crippen molar-refractivity contribution in [2.75, 3.05) is 13.1 Å². The number of carbonyl (C=O) groups is 1. The fourth-order valence-corrected chi connectivity index (χ4v) is 2.94. The normalized spacial score (nSPS) is 14.9. The number of nitrogens with one attached hydrogen (secondary N) is 2. The molecule has 1 saturated carbocycles. The predicted octanol–water partition coefficient (Wildman–Crippen LogP) is 0.135. The second kappa shape index (κ2) is 7.02. The van der Waals surface area contributed by atoms with Gasteiger partial charge in [0.15, 0.2) is 0 Å². The van der Waals surface area contributed by atoms with Crippen LogP contribution >= 0.6 is 0 Å². The Morgan fingerprint density at radius 3 is 2.48 bits per heavy atom. The average Bonchev–Trinajstić information content (AvgIpc) is 3.23. The molecule has 0 spiro atoms. The minimum atomic E-state index is -3.56. The molecule has 1 aromatic carbocycles. The number of amides is 1. The standard InChI is InChI=1S/C14H21N3O3S/c15-9-7-11-1-5-13(6-2-11)21(19,20)16-10-8-14(18)17-12-3-4-12/h1-2,5-6,12,16H,3-4,7-10,15H2,(H,17,18). The molecule has 0 aliphatic heterocycles. The van der Waals surface area contributed by atoms with Crippen molar-refractivity contribution in [1.29, 1.82) is 0 Å². The van der Waals surface area contributed by atoms with Crippen molar-refractivity contribution in [3.05, 3.63) is 29.8 Å². The molecular formula is C14H21N3O3S. The Morgan fingerprint density at radius 1 is 1.24 bits per heavy atom. The molecule has 6 nitrogen and oxygen atoms in total. The Morgan fingerprint density at radius 2 is 1.90 bits per heavy atom. The molecule has 0 saturated heterocycles. The number of benzene rings is 1. The van der Waals surface area contributed by atoms with Crippen molar-refractivity contribution in [1.82, 2.24) is 10.0 Å². The Hall–Kier alpha value is -1.44. The maximum atomic E-state index is 12.0. The van der Waals surface area contributed by atoms with Gasteiger partial charge in [0.2, 0.25) is 15.9 Å². The van der Waals surface area contributed by atoms with Crippen molar-refractivity contribution in [2.45, 2.75) is 36.6 Å². The first-order valence-corrected chi connectivity index (χ1v) is 8.57. The lowest BCUT2D eigenvalue weighted by Gasteiger charge is -2.08. The molecule has 1 aliphatic carbocycles. The van der Waals surface area contributed by atoms with Crippen molar-refractivity contribution in [3.63, 3.8) is 0 Å². The summed E-state index contributed by atoms with van der Waals surface area (Å²) >= 11 is 0. The number of rotatable bonds is 8. The van der Waals surface area contributed by atoms with Crippen LogP contribution in [0.15, 0.2) is 29.2 Å². The van der Waals surface area contributed by atoms with Gasteiger partial charge in [-0.2, -0.15) is 0 Å². The van der Waals surface area contributed by atoms with Crippen molar-refractivity contribution < 1.29 is 13.2 Å². The number of hydrogen-bond acceptors (Lipinski definition) is 4. The molecule has 1 amide bonds. The van der Waals surface area contributed by atoms with Gasteiger partial charge in [0.1, 0.15) is 0 Å². The highest BCUT2D eigenvalue weighted by molar-refractivity contribution is 7.89. The third-order valence-electron chi connectivity index (χ3n) is 3.25. The van der Waals surface area contributed by atoms with E-state index in [0.717, 1.165) is 24.8 Å². The molecule has 1 aliphatic rings. The third-order valence-corrected chi connectivity index (χ3v) is 4.73. The van der Waals surface area contributed by atoms with E-state index >= 15 is 0 Å². The first-order valence-electron chi connectivity index (χ1n) is 7.09.